The summed E-state index contributed by atoms with van der Waals surface area (Å²) in [5.41, 5.74) is 0.191. The average Bonchev–Trinajstić information content (AvgIpc) is 2.55. The molecule has 23 heavy (non-hydrogen) atoms. The van der Waals surface area contributed by atoms with E-state index in [9.17, 15) is 14.0 Å². The molecule has 0 spiro atoms. The Hall–Kier alpha value is -1.47. The van der Waals surface area contributed by atoms with Gasteiger partial charge in [-0.2, -0.15) is 0 Å². The van der Waals surface area contributed by atoms with E-state index in [1.165, 1.54) is 12.1 Å². The van der Waals surface area contributed by atoms with Crippen LogP contribution in [0.5, 0.6) is 0 Å². The van der Waals surface area contributed by atoms with E-state index in [-0.39, 0.29) is 23.4 Å². The minimum atomic E-state index is -0.459. The van der Waals surface area contributed by atoms with Crippen LogP contribution in [0.15, 0.2) is 22.7 Å². The summed E-state index contributed by atoms with van der Waals surface area (Å²) in [6.45, 7) is 2.22. The third-order valence-electron chi connectivity index (χ3n) is 4.07. The summed E-state index contributed by atoms with van der Waals surface area (Å²) in [5.74, 6) is -0.506. The molecule has 1 aliphatic rings. The first-order chi connectivity index (χ1) is 11.0. The number of hydrogen-bond donors (Lipinski definition) is 2. The van der Waals surface area contributed by atoms with Crippen molar-refractivity contribution in [1.29, 1.82) is 0 Å². The maximum atomic E-state index is 13.7. The molecule has 2 amide bonds. The Morgan fingerprint density at radius 2 is 2.04 bits per heavy atom. The molecule has 1 aromatic rings. The maximum Gasteiger partial charge on any atom is 0.225 e. The molecular weight excluding hydrogens is 365 g/mol. The SMILES string of the molecule is CNC(=O)C1CCN(CCC(=O)Nc2ccc(Br)cc2F)CC1. The van der Waals surface area contributed by atoms with Gasteiger partial charge in [0.25, 0.3) is 0 Å². The summed E-state index contributed by atoms with van der Waals surface area (Å²) in [6.07, 6.45) is 1.92. The Morgan fingerprint density at radius 3 is 2.65 bits per heavy atom. The standard InChI is InChI=1S/C16H21BrFN3O2/c1-19-16(23)11-4-7-21(8-5-11)9-6-15(22)20-14-3-2-12(17)10-13(14)18/h2-3,10-11H,4-9H2,1H3,(H,19,23)(H,20,22). The van der Waals surface area contributed by atoms with Crippen molar-refractivity contribution in [2.75, 3.05) is 32.0 Å². The molecule has 0 radical (unpaired) electrons. The van der Waals surface area contributed by atoms with Gasteiger partial charge in [-0.1, -0.05) is 15.9 Å². The predicted octanol–water partition coefficient (Wildman–Crippen LogP) is 2.37. The van der Waals surface area contributed by atoms with Crippen LogP contribution in [0.3, 0.4) is 0 Å². The van der Waals surface area contributed by atoms with Crippen molar-refractivity contribution in [1.82, 2.24) is 10.2 Å². The highest BCUT2D eigenvalue weighted by molar-refractivity contribution is 9.10. The van der Waals surface area contributed by atoms with Gasteiger partial charge in [0.15, 0.2) is 0 Å². The van der Waals surface area contributed by atoms with Crippen LogP contribution < -0.4 is 10.6 Å². The van der Waals surface area contributed by atoms with Crippen LogP contribution in [0.1, 0.15) is 19.3 Å². The number of nitrogens with one attached hydrogen (secondary N) is 2. The number of amides is 2. The van der Waals surface area contributed by atoms with Crippen LogP contribution in [0.2, 0.25) is 0 Å². The molecule has 1 fully saturated rings. The summed E-state index contributed by atoms with van der Waals surface area (Å²) < 4.78 is 14.3. The summed E-state index contributed by atoms with van der Waals surface area (Å²) >= 11 is 3.18. The Kier molecular flexibility index (Phi) is 6.53. The lowest BCUT2D eigenvalue weighted by atomic mass is 9.96. The van der Waals surface area contributed by atoms with E-state index in [2.05, 4.69) is 31.5 Å². The molecule has 7 heteroatoms. The Bertz CT molecular complexity index is 574. The molecule has 1 aliphatic heterocycles. The molecule has 0 unspecified atom stereocenters. The fraction of sp³-hybridized carbons (Fsp3) is 0.500. The van der Waals surface area contributed by atoms with Crippen molar-refractivity contribution in [3.63, 3.8) is 0 Å². The van der Waals surface area contributed by atoms with Crippen molar-refractivity contribution in [2.24, 2.45) is 5.92 Å². The second-order valence-corrected chi connectivity index (χ2v) is 6.57. The third-order valence-corrected chi connectivity index (χ3v) is 4.56. The molecule has 0 aliphatic carbocycles. The number of piperidine rings is 1. The fourth-order valence-electron chi connectivity index (χ4n) is 2.69. The second kappa shape index (κ2) is 8.40. The highest BCUT2D eigenvalue weighted by Crippen LogP contribution is 2.20. The van der Waals surface area contributed by atoms with Gasteiger partial charge in [0.1, 0.15) is 5.82 Å². The van der Waals surface area contributed by atoms with Gasteiger partial charge in [-0.15, -0.1) is 0 Å². The molecule has 5 nitrogen and oxygen atoms in total. The molecule has 1 saturated heterocycles. The van der Waals surface area contributed by atoms with E-state index in [0.717, 1.165) is 25.9 Å². The highest BCUT2D eigenvalue weighted by Gasteiger charge is 2.24. The molecule has 1 heterocycles. The van der Waals surface area contributed by atoms with Crippen molar-refractivity contribution >= 4 is 33.4 Å². The quantitative estimate of drug-likeness (QED) is 0.817. The Morgan fingerprint density at radius 1 is 1.35 bits per heavy atom. The average molecular weight is 386 g/mol. The Balaban J connectivity index is 1.74. The van der Waals surface area contributed by atoms with Crippen molar-refractivity contribution < 1.29 is 14.0 Å². The van der Waals surface area contributed by atoms with Gasteiger partial charge in [-0.05, 0) is 44.1 Å². The number of carbonyl (C=O) groups excluding carboxylic acids is 2. The summed E-state index contributed by atoms with van der Waals surface area (Å²) in [5, 5.41) is 5.26. The number of carbonyl (C=O) groups is 2. The van der Waals surface area contributed by atoms with Gasteiger partial charge < -0.3 is 15.5 Å². The van der Waals surface area contributed by atoms with E-state index < -0.39 is 5.82 Å². The molecule has 0 aromatic heterocycles. The number of hydrogen-bond acceptors (Lipinski definition) is 3. The topological polar surface area (TPSA) is 61.4 Å². The Labute approximate surface area is 143 Å². The highest BCUT2D eigenvalue weighted by atomic mass is 79.9. The lowest BCUT2D eigenvalue weighted by Crippen LogP contribution is -2.40. The monoisotopic (exact) mass is 385 g/mol. The fourth-order valence-corrected chi connectivity index (χ4v) is 3.02. The van der Waals surface area contributed by atoms with Crippen LogP contribution in [0.25, 0.3) is 0 Å². The van der Waals surface area contributed by atoms with Gasteiger partial charge >= 0.3 is 0 Å². The molecule has 1 aromatic carbocycles. The van der Waals surface area contributed by atoms with Crippen LogP contribution in [0.4, 0.5) is 10.1 Å². The predicted molar refractivity (Wildman–Crippen MR) is 90.6 cm³/mol. The minimum Gasteiger partial charge on any atom is -0.359 e. The zero-order valence-electron chi connectivity index (χ0n) is 13.1. The second-order valence-electron chi connectivity index (χ2n) is 5.65. The van der Waals surface area contributed by atoms with Crippen LogP contribution >= 0.6 is 15.9 Å². The summed E-state index contributed by atoms with van der Waals surface area (Å²) in [6, 6.07) is 4.54. The van der Waals surface area contributed by atoms with Crippen molar-refractivity contribution in [2.45, 2.75) is 19.3 Å². The van der Waals surface area contributed by atoms with Crippen LogP contribution in [-0.2, 0) is 9.59 Å². The third kappa shape index (κ3) is 5.28. The maximum absolute atomic E-state index is 13.7. The first-order valence-corrected chi connectivity index (χ1v) is 8.47. The molecule has 0 saturated carbocycles. The zero-order valence-corrected chi connectivity index (χ0v) is 14.7. The van der Waals surface area contributed by atoms with Gasteiger partial charge in [-0.3, -0.25) is 9.59 Å². The normalized spacial score (nSPS) is 16.1. The zero-order chi connectivity index (χ0) is 16.8. The van der Waals surface area contributed by atoms with Gasteiger partial charge in [0.05, 0.1) is 5.69 Å². The number of rotatable bonds is 5. The number of halogens is 2. The number of likely N-dealkylation sites (tertiary alicyclic amines) is 1. The van der Waals surface area contributed by atoms with Crippen molar-refractivity contribution in [3.8, 4) is 0 Å². The van der Waals surface area contributed by atoms with Crippen molar-refractivity contribution in [3.05, 3.63) is 28.5 Å². The van der Waals surface area contributed by atoms with E-state index in [4.69, 9.17) is 0 Å². The first-order valence-electron chi connectivity index (χ1n) is 7.68. The largest absolute Gasteiger partial charge is 0.359 e. The summed E-state index contributed by atoms with van der Waals surface area (Å²) in [7, 11) is 1.65. The van der Waals surface area contributed by atoms with Crippen LogP contribution in [-0.4, -0.2) is 43.4 Å². The molecular formula is C16H21BrFN3O2. The molecule has 0 bridgehead atoms. The smallest absolute Gasteiger partial charge is 0.225 e. The van der Waals surface area contributed by atoms with Gasteiger partial charge in [-0.25, -0.2) is 4.39 Å². The van der Waals surface area contributed by atoms with Gasteiger partial charge in [0.2, 0.25) is 11.8 Å². The van der Waals surface area contributed by atoms with E-state index in [1.54, 1.807) is 13.1 Å². The number of nitrogens with zero attached hydrogens (tertiary/aromatic N) is 1. The summed E-state index contributed by atoms with van der Waals surface area (Å²) in [4.78, 5) is 25.7. The number of benzene rings is 1. The van der Waals surface area contributed by atoms with E-state index in [1.807, 2.05) is 0 Å². The lowest BCUT2D eigenvalue weighted by Gasteiger charge is -2.30. The minimum absolute atomic E-state index is 0.0712. The van der Waals surface area contributed by atoms with Crippen LogP contribution in [0, 0.1) is 11.7 Å². The van der Waals surface area contributed by atoms with E-state index in [0.29, 0.717) is 17.4 Å². The molecule has 2 N–H and O–H groups in total. The first kappa shape index (κ1) is 17.9. The lowest BCUT2D eigenvalue weighted by molar-refractivity contribution is -0.126. The number of anilines is 1. The van der Waals surface area contributed by atoms with E-state index >= 15 is 0 Å². The molecule has 0 atom stereocenters. The molecule has 2 rings (SSSR count). The van der Waals surface area contributed by atoms with Gasteiger partial charge in [0, 0.05) is 30.4 Å². The molecule has 126 valence electrons.